The molecule has 13 heteroatoms. The fraction of sp³-hybridized carbons (Fsp3) is 0.300. The van der Waals surface area contributed by atoms with E-state index in [4.69, 9.17) is 16.3 Å². The standard InChI is InChI=1S/C20H20ClFN4O6S/c1-31-20(30)25-13(9-23-19(29)15-4-5-16(21)33-15)18(28)24-11-2-3-14(12(22)8-11)26-6-7-32-10-17(26)27/h2-5,8,13H,6-7,9-10H2,1H3,(H,23,29)(H,24,28)(H,25,30)/t13-/m1/s1. The first-order valence-corrected chi connectivity index (χ1v) is 10.8. The number of morpholine rings is 1. The number of carbonyl (C=O) groups excluding carboxylic acids is 4. The summed E-state index contributed by atoms with van der Waals surface area (Å²) in [5.74, 6) is -2.30. The second kappa shape index (κ2) is 11.1. The molecule has 4 amide bonds. The Morgan fingerprint density at radius 3 is 2.73 bits per heavy atom. The van der Waals surface area contributed by atoms with Gasteiger partial charge in [0.05, 0.1) is 28.6 Å². The van der Waals surface area contributed by atoms with Crippen LogP contribution in [-0.2, 0) is 19.1 Å². The summed E-state index contributed by atoms with van der Waals surface area (Å²) in [6, 6.07) is 5.69. The maximum atomic E-state index is 14.6. The zero-order chi connectivity index (χ0) is 24.0. The lowest BCUT2D eigenvalue weighted by Gasteiger charge is -2.27. The second-order valence-electron chi connectivity index (χ2n) is 6.76. The normalized spacial score (nSPS) is 14.4. The third kappa shape index (κ3) is 6.40. The van der Waals surface area contributed by atoms with Gasteiger partial charge >= 0.3 is 6.09 Å². The molecule has 10 nitrogen and oxygen atoms in total. The van der Waals surface area contributed by atoms with Gasteiger partial charge in [-0.15, -0.1) is 11.3 Å². The molecule has 2 heterocycles. The summed E-state index contributed by atoms with van der Waals surface area (Å²) >= 11 is 6.87. The molecule has 0 aliphatic carbocycles. The number of amides is 4. The molecule has 1 fully saturated rings. The first-order chi connectivity index (χ1) is 15.8. The summed E-state index contributed by atoms with van der Waals surface area (Å²) in [7, 11) is 1.12. The van der Waals surface area contributed by atoms with Crippen molar-refractivity contribution in [1.82, 2.24) is 10.6 Å². The van der Waals surface area contributed by atoms with Crippen LogP contribution in [-0.4, -0.2) is 63.3 Å². The molecule has 2 aromatic rings. The van der Waals surface area contributed by atoms with Crippen molar-refractivity contribution in [3.05, 3.63) is 45.4 Å². The number of halogens is 2. The van der Waals surface area contributed by atoms with Crippen LogP contribution in [0.25, 0.3) is 0 Å². The molecule has 1 aliphatic heterocycles. The van der Waals surface area contributed by atoms with Gasteiger partial charge in [0.1, 0.15) is 18.5 Å². The van der Waals surface area contributed by atoms with Gasteiger partial charge < -0.3 is 30.3 Å². The van der Waals surface area contributed by atoms with Crippen LogP contribution in [0.3, 0.4) is 0 Å². The minimum absolute atomic E-state index is 0.0624. The molecular weight excluding hydrogens is 479 g/mol. The van der Waals surface area contributed by atoms with E-state index in [1.165, 1.54) is 23.1 Å². The van der Waals surface area contributed by atoms with Gasteiger partial charge in [0.15, 0.2) is 0 Å². The predicted molar refractivity (Wildman–Crippen MR) is 119 cm³/mol. The summed E-state index contributed by atoms with van der Waals surface area (Å²) in [4.78, 5) is 50.1. The molecule has 0 unspecified atom stereocenters. The number of thiophene rings is 1. The van der Waals surface area contributed by atoms with Crippen molar-refractivity contribution in [3.63, 3.8) is 0 Å². The molecule has 0 spiro atoms. The van der Waals surface area contributed by atoms with Crippen molar-refractivity contribution < 1.29 is 33.0 Å². The van der Waals surface area contributed by atoms with Gasteiger partial charge in [0, 0.05) is 18.8 Å². The van der Waals surface area contributed by atoms with Crippen molar-refractivity contribution in [3.8, 4) is 0 Å². The second-order valence-corrected chi connectivity index (χ2v) is 8.47. The lowest BCUT2D eigenvalue weighted by atomic mass is 10.2. The zero-order valence-corrected chi connectivity index (χ0v) is 18.9. The van der Waals surface area contributed by atoms with Crippen LogP contribution >= 0.6 is 22.9 Å². The summed E-state index contributed by atoms with van der Waals surface area (Å²) in [5.41, 5.74) is 0.155. The van der Waals surface area contributed by atoms with E-state index >= 15 is 0 Å². The van der Waals surface area contributed by atoms with Crippen LogP contribution in [0.2, 0.25) is 4.34 Å². The Morgan fingerprint density at radius 2 is 2.09 bits per heavy atom. The Labute approximate surface area is 197 Å². The molecule has 1 saturated heterocycles. The number of rotatable bonds is 7. The fourth-order valence-electron chi connectivity index (χ4n) is 2.93. The van der Waals surface area contributed by atoms with Crippen molar-refractivity contribution in [2.75, 3.05) is 43.6 Å². The lowest BCUT2D eigenvalue weighted by molar-refractivity contribution is -0.125. The Balaban J connectivity index is 1.67. The molecule has 1 aromatic heterocycles. The minimum Gasteiger partial charge on any atom is -0.453 e. The number of nitrogens with zero attached hydrogens (tertiary/aromatic N) is 1. The van der Waals surface area contributed by atoms with Crippen LogP contribution in [0.4, 0.5) is 20.6 Å². The Hall–Kier alpha value is -3.22. The zero-order valence-electron chi connectivity index (χ0n) is 17.4. The van der Waals surface area contributed by atoms with Gasteiger partial charge in [-0.3, -0.25) is 14.4 Å². The van der Waals surface area contributed by atoms with Crippen molar-refractivity contribution in [2.45, 2.75) is 6.04 Å². The van der Waals surface area contributed by atoms with E-state index in [1.807, 2.05) is 0 Å². The third-order valence-electron chi connectivity index (χ3n) is 4.55. The molecule has 3 N–H and O–H groups in total. The maximum Gasteiger partial charge on any atom is 0.407 e. The Kier molecular flexibility index (Phi) is 8.20. The molecule has 1 aliphatic rings. The highest BCUT2D eigenvalue weighted by molar-refractivity contribution is 7.18. The van der Waals surface area contributed by atoms with Crippen molar-refractivity contribution >= 4 is 58.1 Å². The van der Waals surface area contributed by atoms with Gasteiger partial charge in [-0.05, 0) is 30.3 Å². The lowest BCUT2D eigenvalue weighted by Crippen LogP contribution is -2.50. The van der Waals surface area contributed by atoms with Gasteiger partial charge in [-0.2, -0.15) is 0 Å². The number of methoxy groups -OCH3 is 1. The number of nitrogens with one attached hydrogen (secondary N) is 3. The molecule has 0 bridgehead atoms. The first kappa shape index (κ1) is 24.4. The third-order valence-corrected chi connectivity index (χ3v) is 5.78. The van der Waals surface area contributed by atoms with Gasteiger partial charge in [0.2, 0.25) is 5.91 Å². The van der Waals surface area contributed by atoms with Crippen molar-refractivity contribution in [2.24, 2.45) is 0 Å². The van der Waals surface area contributed by atoms with E-state index in [-0.39, 0.29) is 43.6 Å². The molecular formula is C20H20ClFN4O6S. The van der Waals surface area contributed by atoms with Crippen LogP contribution in [0.5, 0.6) is 0 Å². The number of hydrogen-bond donors (Lipinski definition) is 3. The van der Waals surface area contributed by atoms with E-state index in [0.29, 0.717) is 9.21 Å². The highest BCUT2D eigenvalue weighted by Gasteiger charge is 2.25. The monoisotopic (exact) mass is 498 g/mol. The average molecular weight is 499 g/mol. The maximum absolute atomic E-state index is 14.6. The molecule has 33 heavy (non-hydrogen) atoms. The Bertz CT molecular complexity index is 1060. The van der Waals surface area contributed by atoms with E-state index in [9.17, 15) is 23.6 Å². The van der Waals surface area contributed by atoms with E-state index in [2.05, 4.69) is 20.7 Å². The van der Waals surface area contributed by atoms with Gasteiger partial charge in [0.25, 0.3) is 11.8 Å². The van der Waals surface area contributed by atoms with Gasteiger partial charge in [-0.1, -0.05) is 11.6 Å². The quantitative estimate of drug-likeness (QED) is 0.536. The molecule has 3 rings (SSSR count). The van der Waals surface area contributed by atoms with E-state index < -0.39 is 29.8 Å². The number of anilines is 2. The summed E-state index contributed by atoms with van der Waals surface area (Å²) in [6.07, 6.45) is -0.893. The number of alkyl carbamates (subject to hydrolysis) is 1. The number of ether oxygens (including phenoxy) is 2. The van der Waals surface area contributed by atoms with Crippen LogP contribution < -0.4 is 20.9 Å². The summed E-state index contributed by atoms with van der Waals surface area (Å²) < 4.78 is 24.6. The van der Waals surface area contributed by atoms with Crippen LogP contribution in [0, 0.1) is 5.82 Å². The van der Waals surface area contributed by atoms with Crippen molar-refractivity contribution in [1.29, 1.82) is 0 Å². The molecule has 1 atom stereocenters. The SMILES string of the molecule is COC(=O)N[C@H](CNC(=O)c1ccc(Cl)s1)C(=O)Nc1ccc(N2CCOCC2=O)c(F)c1. The topological polar surface area (TPSA) is 126 Å². The fourth-order valence-corrected chi connectivity index (χ4v) is 3.89. The molecule has 176 valence electrons. The molecule has 1 aromatic carbocycles. The highest BCUT2D eigenvalue weighted by Crippen LogP contribution is 2.24. The molecule has 0 saturated carbocycles. The number of benzene rings is 1. The molecule has 0 radical (unpaired) electrons. The van der Waals surface area contributed by atoms with E-state index in [0.717, 1.165) is 24.5 Å². The summed E-state index contributed by atoms with van der Waals surface area (Å²) in [6.45, 7) is 0.0933. The number of hydrogen-bond acceptors (Lipinski definition) is 7. The predicted octanol–water partition coefficient (Wildman–Crippen LogP) is 2.00. The summed E-state index contributed by atoms with van der Waals surface area (Å²) in [5, 5.41) is 7.31. The van der Waals surface area contributed by atoms with Crippen LogP contribution in [0.15, 0.2) is 30.3 Å². The largest absolute Gasteiger partial charge is 0.453 e. The van der Waals surface area contributed by atoms with Gasteiger partial charge in [-0.25, -0.2) is 9.18 Å². The smallest absolute Gasteiger partial charge is 0.407 e. The Morgan fingerprint density at radius 1 is 1.30 bits per heavy atom. The van der Waals surface area contributed by atoms with Crippen LogP contribution in [0.1, 0.15) is 9.67 Å². The average Bonchev–Trinajstić information content (AvgIpc) is 3.23. The first-order valence-electron chi connectivity index (χ1n) is 9.65. The van der Waals surface area contributed by atoms with E-state index in [1.54, 1.807) is 6.07 Å². The highest BCUT2D eigenvalue weighted by atomic mass is 35.5. The number of carbonyl (C=O) groups is 4. The minimum atomic E-state index is -1.22.